The zero-order valence-corrected chi connectivity index (χ0v) is 12.0. The van der Waals surface area contributed by atoms with Crippen molar-refractivity contribution in [1.29, 1.82) is 0 Å². The summed E-state index contributed by atoms with van der Waals surface area (Å²) in [7, 11) is -2.69. The van der Waals surface area contributed by atoms with E-state index in [0.29, 0.717) is 5.69 Å². The number of sulfonamides is 1. The lowest BCUT2D eigenvalue weighted by Gasteiger charge is -2.08. The van der Waals surface area contributed by atoms with Gasteiger partial charge in [-0.15, -0.1) is 0 Å². The van der Waals surface area contributed by atoms with Gasteiger partial charge in [-0.05, 0) is 25.1 Å². The van der Waals surface area contributed by atoms with Gasteiger partial charge in [-0.2, -0.15) is 0 Å². The third-order valence-electron chi connectivity index (χ3n) is 2.57. The lowest BCUT2D eigenvalue weighted by atomic mass is 10.2. The largest absolute Gasteiger partial charge is 0.496 e. The number of carbonyl (C=O) groups is 1. The molecule has 2 N–H and O–H groups in total. The average Bonchev–Trinajstić information content (AvgIpc) is 2.82. The Balaban J connectivity index is 2.40. The number of aromatic carboxylic acids is 1. The van der Waals surface area contributed by atoms with Crippen molar-refractivity contribution in [2.45, 2.75) is 11.8 Å². The smallest absolute Gasteiger partial charge is 0.339 e. The molecule has 0 unspecified atom stereocenters. The Morgan fingerprint density at radius 3 is 2.62 bits per heavy atom. The molecule has 2 rings (SSSR count). The van der Waals surface area contributed by atoms with Crippen LogP contribution in [0.3, 0.4) is 0 Å². The second kappa shape index (κ2) is 5.44. The van der Waals surface area contributed by atoms with Crippen molar-refractivity contribution in [1.82, 2.24) is 5.16 Å². The van der Waals surface area contributed by atoms with Crippen molar-refractivity contribution >= 4 is 21.9 Å². The molecule has 0 fully saturated rings. The molecule has 1 heterocycles. The minimum absolute atomic E-state index is 0.0554. The number of ether oxygens (including phenoxy) is 1. The Morgan fingerprint density at radius 1 is 1.38 bits per heavy atom. The maximum Gasteiger partial charge on any atom is 0.339 e. The lowest BCUT2D eigenvalue weighted by Crippen LogP contribution is -2.13. The number of aromatic nitrogens is 1. The molecular weight excluding hydrogens is 300 g/mol. The summed E-state index contributed by atoms with van der Waals surface area (Å²) in [5, 5.41) is 12.6. The highest BCUT2D eigenvalue weighted by molar-refractivity contribution is 7.92. The second-order valence-electron chi connectivity index (χ2n) is 4.11. The molecule has 0 saturated carbocycles. The number of aryl methyl sites for hydroxylation is 1. The number of carboxylic acid groups (broad SMARTS) is 1. The molecule has 1 aromatic heterocycles. The van der Waals surface area contributed by atoms with Gasteiger partial charge in [0, 0.05) is 6.07 Å². The van der Waals surface area contributed by atoms with Gasteiger partial charge in [0.2, 0.25) is 5.88 Å². The molecule has 0 bridgehead atoms. The van der Waals surface area contributed by atoms with Gasteiger partial charge < -0.3 is 14.4 Å². The molecular formula is C12H12N2O6S. The number of hydrogen-bond acceptors (Lipinski definition) is 6. The number of hydrogen-bond donors (Lipinski definition) is 2. The van der Waals surface area contributed by atoms with Crippen LogP contribution in [-0.4, -0.2) is 31.8 Å². The molecule has 0 saturated heterocycles. The molecule has 0 spiro atoms. The number of nitrogens with one attached hydrogen (secondary N) is 1. The van der Waals surface area contributed by atoms with Crippen molar-refractivity contribution in [3.8, 4) is 5.75 Å². The summed E-state index contributed by atoms with van der Waals surface area (Å²) in [5.41, 5.74) is 0.253. The molecule has 9 heteroatoms. The summed E-state index contributed by atoms with van der Waals surface area (Å²) in [6, 6.07) is 4.91. The van der Waals surface area contributed by atoms with Gasteiger partial charge in [-0.1, -0.05) is 5.16 Å². The Hall–Kier alpha value is -2.55. The molecule has 112 valence electrons. The van der Waals surface area contributed by atoms with Gasteiger partial charge in [0.15, 0.2) is 0 Å². The van der Waals surface area contributed by atoms with E-state index in [1.807, 2.05) is 0 Å². The summed E-state index contributed by atoms with van der Waals surface area (Å²) in [6.45, 7) is 1.64. The fraction of sp³-hybridized carbons (Fsp3) is 0.167. The first-order valence-corrected chi connectivity index (χ1v) is 7.19. The first kappa shape index (κ1) is 14.9. The third kappa shape index (κ3) is 3.14. The molecule has 0 aliphatic heterocycles. The van der Waals surface area contributed by atoms with Gasteiger partial charge in [0.1, 0.15) is 11.3 Å². The zero-order chi connectivity index (χ0) is 15.6. The summed E-state index contributed by atoms with van der Waals surface area (Å²) in [5.74, 6) is -1.28. The molecule has 21 heavy (non-hydrogen) atoms. The molecule has 0 aliphatic rings. The van der Waals surface area contributed by atoms with Crippen LogP contribution in [0.1, 0.15) is 16.1 Å². The van der Waals surface area contributed by atoms with E-state index in [2.05, 4.69) is 9.88 Å². The maximum atomic E-state index is 12.2. The summed E-state index contributed by atoms with van der Waals surface area (Å²) >= 11 is 0. The molecule has 0 amide bonds. The molecule has 1 aromatic carbocycles. The van der Waals surface area contributed by atoms with E-state index in [0.717, 1.165) is 6.07 Å². The van der Waals surface area contributed by atoms with Crippen LogP contribution in [0.15, 0.2) is 33.7 Å². The van der Waals surface area contributed by atoms with Crippen LogP contribution < -0.4 is 9.46 Å². The van der Waals surface area contributed by atoms with Gasteiger partial charge in [-0.25, -0.2) is 17.9 Å². The topological polar surface area (TPSA) is 119 Å². The van der Waals surface area contributed by atoms with E-state index in [9.17, 15) is 13.2 Å². The number of nitrogens with zero attached hydrogens (tertiary/aromatic N) is 1. The predicted octanol–water partition coefficient (Wildman–Crippen LogP) is 1.49. The highest BCUT2D eigenvalue weighted by Gasteiger charge is 2.20. The molecule has 0 atom stereocenters. The van der Waals surface area contributed by atoms with Crippen LogP contribution in [0, 0.1) is 6.92 Å². The van der Waals surface area contributed by atoms with Crippen molar-refractivity contribution in [3.63, 3.8) is 0 Å². The SMILES string of the molecule is COc1ccc(S(=O)(=O)Nc2cc(C)no2)cc1C(=O)O. The van der Waals surface area contributed by atoms with Crippen LogP contribution in [0.25, 0.3) is 0 Å². The maximum absolute atomic E-state index is 12.2. The number of methoxy groups -OCH3 is 1. The van der Waals surface area contributed by atoms with E-state index in [1.54, 1.807) is 6.92 Å². The van der Waals surface area contributed by atoms with Crippen LogP contribution in [0.2, 0.25) is 0 Å². The van der Waals surface area contributed by atoms with E-state index >= 15 is 0 Å². The van der Waals surface area contributed by atoms with Crippen molar-refractivity contribution in [2.75, 3.05) is 11.8 Å². The monoisotopic (exact) mass is 312 g/mol. The molecule has 8 nitrogen and oxygen atoms in total. The fourth-order valence-electron chi connectivity index (χ4n) is 1.62. The standard InChI is InChI=1S/C12H12N2O6S/c1-7-5-11(20-13-7)14-21(17,18)8-3-4-10(19-2)9(6-8)12(15)16/h3-6,14H,1-2H3,(H,15,16). The average molecular weight is 312 g/mol. The Morgan fingerprint density at radius 2 is 2.10 bits per heavy atom. The number of benzene rings is 1. The minimum atomic E-state index is -3.98. The van der Waals surface area contributed by atoms with Crippen molar-refractivity contribution in [2.24, 2.45) is 0 Å². The fourth-order valence-corrected chi connectivity index (χ4v) is 2.62. The van der Waals surface area contributed by atoms with Crippen LogP contribution >= 0.6 is 0 Å². The molecule has 2 aromatic rings. The van der Waals surface area contributed by atoms with E-state index < -0.39 is 16.0 Å². The number of anilines is 1. The first-order chi connectivity index (χ1) is 9.83. The number of rotatable bonds is 5. The Kier molecular flexibility index (Phi) is 3.85. The summed E-state index contributed by atoms with van der Waals surface area (Å²) in [4.78, 5) is 10.9. The molecule has 0 radical (unpaired) electrons. The van der Waals surface area contributed by atoms with E-state index in [-0.39, 0.29) is 22.1 Å². The van der Waals surface area contributed by atoms with Crippen molar-refractivity contribution in [3.05, 3.63) is 35.5 Å². The van der Waals surface area contributed by atoms with Gasteiger partial charge >= 0.3 is 5.97 Å². The first-order valence-electron chi connectivity index (χ1n) is 5.71. The number of carboxylic acids is 1. The van der Waals surface area contributed by atoms with Crippen molar-refractivity contribution < 1.29 is 27.6 Å². The Bertz CT molecular complexity index is 781. The van der Waals surface area contributed by atoms with E-state index in [1.165, 1.54) is 25.3 Å². The van der Waals surface area contributed by atoms with Crippen LogP contribution in [-0.2, 0) is 10.0 Å². The van der Waals surface area contributed by atoms with E-state index in [4.69, 9.17) is 14.4 Å². The predicted molar refractivity (Wildman–Crippen MR) is 72.0 cm³/mol. The molecule has 0 aliphatic carbocycles. The highest BCUT2D eigenvalue weighted by atomic mass is 32.2. The zero-order valence-electron chi connectivity index (χ0n) is 11.2. The third-order valence-corrected chi connectivity index (χ3v) is 3.92. The lowest BCUT2D eigenvalue weighted by molar-refractivity contribution is 0.0693. The van der Waals surface area contributed by atoms with Gasteiger partial charge in [-0.3, -0.25) is 0 Å². The highest BCUT2D eigenvalue weighted by Crippen LogP contribution is 2.24. The summed E-state index contributed by atoms with van der Waals surface area (Å²) < 4.78 is 36.1. The van der Waals surface area contributed by atoms with Gasteiger partial charge in [0.25, 0.3) is 10.0 Å². The minimum Gasteiger partial charge on any atom is -0.496 e. The van der Waals surface area contributed by atoms with Gasteiger partial charge in [0.05, 0.1) is 17.7 Å². The van der Waals surface area contributed by atoms with Crippen LogP contribution in [0.5, 0.6) is 5.75 Å². The summed E-state index contributed by atoms with van der Waals surface area (Å²) in [6.07, 6.45) is 0. The second-order valence-corrected chi connectivity index (χ2v) is 5.79. The quantitative estimate of drug-likeness (QED) is 0.858. The normalized spacial score (nSPS) is 11.1. The Labute approximate surface area is 120 Å². The van der Waals surface area contributed by atoms with Crippen LogP contribution in [0.4, 0.5) is 5.88 Å².